The van der Waals surface area contributed by atoms with Crippen LogP contribution in [0.15, 0.2) is 18.2 Å². The summed E-state index contributed by atoms with van der Waals surface area (Å²) in [6, 6.07) is 6.17. The van der Waals surface area contributed by atoms with E-state index in [1.54, 1.807) is 0 Å². The normalized spacial score (nSPS) is 23.7. The van der Waals surface area contributed by atoms with Crippen molar-refractivity contribution < 1.29 is 18.8 Å². The number of carbonyl (C=O) groups is 1. The molecule has 1 aromatic carbocycles. The fourth-order valence-electron chi connectivity index (χ4n) is 2.61. The quantitative estimate of drug-likeness (QED) is 0.904. The highest BCUT2D eigenvalue weighted by molar-refractivity contribution is 7.84. The fraction of sp³-hybridized carbons (Fsp3) is 0.533. The van der Waals surface area contributed by atoms with Gasteiger partial charge in [-0.3, -0.25) is 4.21 Å². The highest BCUT2D eigenvalue weighted by Gasteiger charge is 2.31. The van der Waals surface area contributed by atoms with Crippen LogP contribution in [-0.2, 0) is 26.1 Å². The van der Waals surface area contributed by atoms with E-state index >= 15 is 0 Å². The Morgan fingerprint density at radius 2 is 1.95 bits per heavy atom. The molecule has 3 unspecified atom stereocenters. The van der Waals surface area contributed by atoms with Gasteiger partial charge in [0.2, 0.25) is 0 Å². The molecule has 3 atom stereocenters. The van der Waals surface area contributed by atoms with Gasteiger partial charge in [-0.05, 0) is 32.3 Å². The zero-order valence-electron chi connectivity index (χ0n) is 11.8. The van der Waals surface area contributed by atoms with Gasteiger partial charge >= 0.3 is 5.97 Å². The molecule has 1 fully saturated rings. The van der Waals surface area contributed by atoms with Crippen LogP contribution in [0.5, 0.6) is 0 Å². The van der Waals surface area contributed by atoms with Gasteiger partial charge in [-0.1, -0.05) is 29.3 Å². The smallest absolute Gasteiger partial charge is 0.332 e. The third kappa shape index (κ3) is 4.15. The number of aliphatic carboxylic acids is 1. The molecule has 2 rings (SSSR count). The number of aryl methyl sites for hydroxylation is 2. The lowest BCUT2D eigenvalue weighted by Crippen LogP contribution is -2.23. The third-order valence-electron chi connectivity index (χ3n) is 3.36. The molecule has 5 heteroatoms. The highest BCUT2D eigenvalue weighted by Crippen LogP contribution is 2.21. The molecule has 1 saturated heterocycles. The predicted molar refractivity (Wildman–Crippen MR) is 78.2 cm³/mol. The van der Waals surface area contributed by atoms with Gasteiger partial charge in [0.1, 0.15) is 0 Å². The Morgan fingerprint density at radius 1 is 1.30 bits per heavy atom. The van der Waals surface area contributed by atoms with Crippen LogP contribution < -0.4 is 0 Å². The van der Waals surface area contributed by atoms with E-state index in [0.717, 1.165) is 5.56 Å². The van der Waals surface area contributed by atoms with Crippen LogP contribution in [0.2, 0.25) is 0 Å². The van der Waals surface area contributed by atoms with Gasteiger partial charge in [0.25, 0.3) is 0 Å². The first-order chi connectivity index (χ1) is 9.44. The van der Waals surface area contributed by atoms with Gasteiger partial charge in [0.05, 0.1) is 11.9 Å². The van der Waals surface area contributed by atoms with E-state index in [0.29, 0.717) is 24.3 Å². The second kappa shape index (κ2) is 6.50. The molecule has 0 bridgehead atoms. The van der Waals surface area contributed by atoms with Crippen LogP contribution in [0, 0.1) is 13.8 Å². The van der Waals surface area contributed by atoms with Crippen molar-refractivity contribution in [3.63, 3.8) is 0 Å². The second-order valence-electron chi connectivity index (χ2n) is 5.41. The molecule has 0 saturated carbocycles. The largest absolute Gasteiger partial charge is 0.479 e. The van der Waals surface area contributed by atoms with Crippen LogP contribution in [0.4, 0.5) is 0 Å². The Morgan fingerprint density at radius 3 is 2.50 bits per heavy atom. The molecule has 1 N–H and O–H groups in total. The monoisotopic (exact) mass is 296 g/mol. The maximum atomic E-state index is 12.2. The summed E-state index contributed by atoms with van der Waals surface area (Å²) in [5, 5.41) is 8.86. The summed E-state index contributed by atoms with van der Waals surface area (Å²) in [6.45, 7) is 4.05. The predicted octanol–water partition coefficient (Wildman–Crippen LogP) is 2.18. The molecule has 110 valence electrons. The van der Waals surface area contributed by atoms with Crippen molar-refractivity contribution >= 4 is 16.8 Å². The van der Waals surface area contributed by atoms with E-state index in [1.165, 1.54) is 11.1 Å². The van der Waals surface area contributed by atoms with Crippen molar-refractivity contribution in [2.75, 3.05) is 5.75 Å². The first-order valence-electron chi connectivity index (χ1n) is 6.74. The van der Waals surface area contributed by atoms with Crippen LogP contribution in [0.25, 0.3) is 0 Å². The lowest BCUT2D eigenvalue weighted by atomic mass is 10.1. The van der Waals surface area contributed by atoms with E-state index in [4.69, 9.17) is 9.84 Å². The Kier molecular flexibility index (Phi) is 4.94. The molecule has 20 heavy (non-hydrogen) atoms. The molecule has 1 aliphatic heterocycles. The zero-order chi connectivity index (χ0) is 14.7. The molecule has 0 aliphatic carbocycles. The van der Waals surface area contributed by atoms with Crippen molar-refractivity contribution in [3.8, 4) is 0 Å². The number of benzene rings is 1. The van der Waals surface area contributed by atoms with Gasteiger partial charge in [0.15, 0.2) is 6.10 Å². The molecule has 0 radical (unpaired) electrons. The number of ether oxygens (including phenoxy) is 1. The standard InChI is InChI=1S/C15H20O4S/c1-10-5-11(2)7-12(6-10)8-20(18)9-13-3-4-14(19-13)15(16)17/h5-7,13-14H,3-4,8-9H2,1-2H3,(H,16,17). The maximum Gasteiger partial charge on any atom is 0.332 e. The Bertz CT molecular complexity index is 506. The first-order valence-corrected chi connectivity index (χ1v) is 8.23. The Balaban J connectivity index is 1.88. The zero-order valence-corrected chi connectivity index (χ0v) is 12.6. The fourth-order valence-corrected chi connectivity index (χ4v) is 3.93. The summed E-state index contributed by atoms with van der Waals surface area (Å²) >= 11 is 0. The number of rotatable bonds is 5. The number of carboxylic acid groups (broad SMARTS) is 1. The van der Waals surface area contributed by atoms with Gasteiger partial charge in [-0.25, -0.2) is 4.79 Å². The van der Waals surface area contributed by atoms with E-state index in [1.807, 2.05) is 26.0 Å². The summed E-state index contributed by atoms with van der Waals surface area (Å²) in [6.07, 6.45) is 0.275. The minimum atomic E-state index is -1.02. The molecule has 1 aliphatic rings. The van der Waals surface area contributed by atoms with Crippen molar-refractivity contribution in [1.82, 2.24) is 0 Å². The third-order valence-corrected chi connectivity index (χ3v) is 4.76. The Hall–Kier alpha value is -1.20. The summed E-state index contributed by atoms with van der Waals surface area (Å²) < 4.78 is 17.5. The molecule has 1 heterocycles. The van der Waals surface area contributed by atoms with Crippen LogP contribution >= 0.6 is 0 Å². The highest BCUT2D eigenvalue weighted by atomic mass is 32.2. The van der Waals surface area contributed by atoms with Crippen LogP contribution in [0.1, 0.15) is 29.5 Å². The Labute approximate surface area is 121 Å². The van der Waals surface area contributed by atoms with Gasteiger partial charge in [-0.15, -0.1) is 0 Å². The minimum absolute atomic E-state index is 0.192. The lowest BCUT2D eigenvalue weighted by Gasteiger charge is -2.11. The van der Waals surface area contributed by atoms with Gasteiger partial charge in [-0.2, -0.15) is 0 Å². The molecule has 0 spiro atoms. The van der Waals surface area contributed by atoms with E-state index in [9.17, 15) is 9.00 Å². The van der Waals surface area contributed by atoms with E-state index < -0.39 is 22.9 Å². The van der Waals surface area contributed by atoms with Gasteiger partial charge in [0, 0.05) is 16.6 Å². The van der Waals surface area contributed by atoms with Crippen LogP contribution in [0.3, 0.4) is 0 Å². The van der Waals surface area contributed by atoms with Crippen molar-refractivity contribution in [2.45, 2.75) is 44.6 Å². The minimum Gasteiger partial charge on any atom is -0.479 e. The topological polar surface area (TPSA) is 63.6 Å². The van der Waals surface area contributed by atoms with E-state index in [-0.39, 0.29) is 6.10 Å². The number of hydrogen-bond donors (Lipinski definition) is 1. The number of carboxylic acids is 1. The summed E-state index contributed by atoms with van der Waals surface area (Å²) in [5.74, 6) is -0.00995. The van der Waals surface area contributed by atoms with Crippen molar-refractivity contribution in [3.05, 3.63) is 34.9 Å². The first kappa shape index (κ1) is 15.2. The molecule has 4 nitrogen and oxygen atoms in total. The summed E-state index contributed by atoms with van der Waals surface area (Å²) in [4.78, 5) is 10.8. The summed E-state index contributed by atoms with van der Waals surface area (Å²) in [7, 11) is -1.02. The van der Waals surface area contributed by atoms with Gasteiger partial charge < -0.3 is 9.84 Å². The summed E-state index contributed by atoms with van der Waals surface area (Å²) in [5.41, 5.74) is 3.40. The number of hydrogen-bond acceptors (Lipinski definition) is 3. The average Bonchev–Trinajstić information content (AvgIpc) is 2.75. The molecule has 0 aromatic heterocycles. The SMILES string of the molecule is Cc1cc(C)cc(CS(=O)CC2CCC(C(=O)O)O2)c1. The van der Waals surface area contributed by atoms with Crippen molar-refractivity contribution in [2.24, 2.45) is 0 Å². The van der Waals surface area contributed by atoms with Crippen molar-refractivity contribution in [1.29, 1.82) is 0 Å². The molecular formula is C15H20O4S. The molecule has 0 amide bonds. The molecule has 1 aromatic rings. The van der Waals surface area contributed by atoms with E-state index in [2.05, 4.69) is 6.07 Å². The average molecular weight is 296 g/mol. The lowest BCUT2D eigenvalue weighted by molar-refractivity contribution is -0.148. The second-order valence-corrected chi connectivity index (χ2v) is 6.91. The van der Waals surface area contributed by atoms with Crippen LogP contribution in [-0.4, -0.2) is 33.2 Å². The maximum absolute atomic E-state index is 12.2. The molecular weight excluding hydrogens is 276 g/mol.